The first kappa shape index (κ1) is 14.0. The van der Waals surface area contributed by atoms with E-state index in [0.29, 0.717) is 0 Å². The zero-order valence-corrected chi connectivity index (χ0v) is 11.1. The van der Waals surface area contributed by atoms with E-state index < -0.39 is 0 Å². The van der Waals surface area contributed by atoms with Crippen molar-refractivity contribution >= 4 is 0 Å². The van der Waals surface area contributed by atoms with Gasteiger partial charge in [0.25, 0.3) is 0 Å². The van der Waals surface area contributed by atoms with Crippen LogP contribution >= 0.6 is 0 Å². The van der Waals surface area contributed by atoms with E-state index in [-0.39, 0.29) is 0 Å². The summed E-state index contributed by atoms with van der Waals surface area (Å²) in [5.41, 5.74) is 0. The first-order chi connectivity index (χ1) is 6.52. The van der Waals surface area contributed by atoms with Gasteiger partial charge < -0.3 is 0 Å². The Bertz CT molecular complexity index is 128. The second-order valence-electron chi connectivity index (χ2n) is 5.07. The third kappa shape index (κ3) is 5.02. The Morgan fingerprint density at radius 1 is 1.00 bits per heavy atom. The molecule has 0 aromatic rings. The van der Waals surface area contributed by atoms with E-state index in [1.165, 1.54) is 25.7 Å². The van der Waals surface area contributed by atoms with Gasteiger partial charge in [0.2, 0.25) is 0 Å². The van der Waals surface area contributed by atoms with Gasteiger partial charge in [0.05, 0.1) is 0 Å². The van der Waals surface area contributed by atoms with E-state index >= 15 is 0 Å². The van der Waals surface area contributed by atoms with Gasteiger partial charge in [-0.3, -0.25) is 0 Å². The molecule has 0 fully saturated rings. The molecule has 0 saturated heterocycles. The van der Waals surface area contributed by atoms with Gasteiger partial charge in [0, 0.05) is 0 Å². The van der Waals surface area contributed by atoms with Crippen molar-refractivity contribution in [3.05, 3.63) is 5.92 Å². The van der Waals surface area contributed by atoms with Gasteiger partial charge in [-0.05, 0) is 30.1 Å². The summed E-state index contributed by atoms with van der Waals surface area (Å²) >= 11 is 0. The van der Waals surface area contributed by atoms with E-state index in [1.54, 1.807) is 5.92 Å². The predicted molar refractivity (Wildman–Crippen MR) is 66.2 cm³/mol. The molecule has 0 heterocycles. The molecule has 0 aliphatic rings. The summed E-state index contributed by atoms with van der Waals surface area (Å²) < 4.78 is 0. The minimum absolute atomic E-state index is 0.809. The summed E-state index contributed by atoms with van der Waals surface area (Å²) in [6.45, 7) is 14.1. The first-order valence-electron chi connectivity index (χ1n) is 6.35. The molecular formula is C14H29. The highest BCUT2D eigenvalue weighted by atomic mass is 14.2. The maximum absolute atomic E-state index is 2.39. The van der Waals surface area contributed by atoms with E-state index in [4.69, 9.17) is 0 Å². The van der Waals surface area contributed by atoms with Crippen LogP contribution in [0.3, 0.4) is 0 Å². The molecule has 0 spiro atoms. The summed E-state index contributed by atoms with van der Waals surface area (Å²) in [6, 6.07) is 0. The Labute approximate surface area is 91.5 Å². The van der Waals surface area contributed by atoms with Crippen molar-refractivity contribution in [1.29, 1.82) is 0 Å². The average molecular weight is 197 g/mol. The molecule has 14 heavy (non-hydrogen) atoms. The highest BCUT2D eigenvalue weighted by molar-refractivity contribution is 4.91. The maximum Gasteiger partial charge on any atom is -0.0241 e. The van der Waals surface area contributed by atoms with Crippen LogP contribution < -0.4 is 0 Å². The Kier molecular flexibility index (Phi) is 7.31. The van der Waals surface area contributed by atoms with Crippen LogP contribution in [0.2, 0.25) is 0 Å². The monoisotopic (exact) mass is 197 g/mol. The van der Waals surface area contributed by atoms with Crippen LogP contribution in [0.1, 0.15) is 67.2 Å². The molecule has 0 heteroatoms. The van der Waals surface area contributed by atoms with Crippen LogP contribution in [0.15, 0.2) is 0 Å². The smallest absolute Gasteiger partial charge is 0.0241 e. The van der Waals surface area contributed by atoms with Crippen molar-refractivity contribution in [1.82, 2.24) is 0 Å². The Balaban J connectivity index is 3.77. The summed E-state index contributed by atoms with van der Waals surface area (Å²) in [6.07, 6.45) is 5.34. The van der Waals surface area contributed by atoms with E-state index in [0.717, 1.165) is 17.8 Å². The molecule has 0 aliphatic heterocycles. The fourth-order valence-corrected chi connectivity index (χ4v) is 1.75. The van der Waals surface area contributed by atoms with Crippen LogP contribution in [0, 0.1) is 23.7 Å². The molecule has 0 rings (SSSR count). The van der Waals surface area contributed by atoms with Gasteiger partial charge in [-0.2, -0.15) is 0 Å². The standard InChI is InChI=1S/C14H29/c1-7-11(3)9-10-13(5)14(6)12(4)8-2/h11-12,14H,7-10H2,1-6H3. The van der Waals surface area contributed by atoms with E-state index in [2.05, 4.69) is 41.5 Å². The molecule has 0 amide bonds. The zero-order chi connectivity index (χ0) is 11.1. The Morgan fingerprint density at radius 2 is 1.57 bits per heavy atom. The predicted octanol–water partition coefficient (Wildman–Crippen LogP) is 5.09. The summed E-state index contributed by atoms with van der Waals surface area (Å²) in [5.74, 6) is 4.27. The van der Waals surface area contributed by atoms with Crippen molar-refractivity contribution in [3.63, 3.8) is 0 Å². The molecule has 0 N–H and O–H groups in total. The first-order valence-corrected chi connectivity index (χ1v) is 6.35. The zero-order valence-electron chi connectivity index (χ0n) is 11.1. The highest BCUT2D eigenvalue weighted by Crippen LogP contribution is 2.29. The van der Waals surface area contributed by atoms with Crippen molar-refractivity contribution in [3.8, 4) is 0 Å². The van der Waals surface area contributed by atoms with Crippen LogP contribution in [0.25, 0.3) is 0 Å². The molecule has 85 valence electrons. The Hall–Kier alpha value is 0. The summed E-state index contributed by atoms with van der Waals surface area (Å²) in [4.78, 5) is 0. The average Bonchev–Trinajstić information content (AvgIpc) is 2.22. The summed E-state index contributed by atoms with van der Waals surface area (Å²) in [7, 11) is 0. The van der Waals surface area contributed by atoms with Crippen LogP contribution in [-0.2, 0) is 0 Å². The van der Waals surface area contributed by atoms with Gasteiger partial charge in [0.1, 0.15) is 0 Å². The minimum Gasteiger partial charge on any atom is -0.0651 e. The topological polar surface area (TPSA) is 0 Å². The number of hydrogen-bond donors (Lipinski definition) is 0. The fraction of sp³-hybridized carbons (Fsp3) is 0.929. The molecule has 0 aromatic heterocycles. The third-order valence-electron chi connectivity index (χ3n) is 4.00. The molecular weight excluding hydrogens is 168 g/mol. The van der Waals surface area contributed by atoms with Crippen molar-refractivity contribution in [2.24, 2.45) is 17.8 Å². The van der Waals surface area contributed by atoms with E-state index in [1.807, 2.05) is 0 Å². The third-order valence-corrected chi connectivity index (χ3v) is 4.00. The second-order valence-corrected chi connectivity index (χ2v) is 5.07. The van der Waals surface area contributed by atoms with Gasteiger partial charge in [0.15, 0.2) is 0 Å². The van der Waals surface area contributed by atoms with Crippen molar-refractivity contribution in [2.45, 2.75) is 67.2 Å². The molecule has 3 atom stereocenters. The normalized spacial score (nSPS) is 18.2. The molecule has 3 unspecified atom stereocenters. The highest BCUT2D eigenvalue weighted by Gasteiger charge is 2.18. The Morgan fingerprint density at radius 3 is 2.00 bits per heavy atom. The van der Waals surface area contributed by atoms with Crippen LogP contribution in [0.5, 0.6) is 0 Å². The van der Waals surface area contributed by atoms with Crippen LogP contribution in [0.4, 0.5) is 0 Å². The van der Waals surface area contributed by atoms with Gasteiger partial charge in [-0.1, -0.05) is 60.8 Å². The largest absolute Gasteiger partial charge is 0.0651 e. The quantitative estimate of drug-likeness (QED) is 0.533. The SMILES string of the molecule is CCC(C)CC[C](C)C(C)C(C)CC. The van der Waals surface area contributed by atoms with Gasteiger partial charge >= 0.3 is 0 Å². The minimum atomic E-state index is 0.809. The van der Waals surface area contributed by atoms with Gasteiger partial charge in [-0.25, -0.2) is 0 Å². The molecule has 1 radical (unpaired) electrons. The molecule has 0 aromatic carbocycles. The molecule has 0 nitrogen and oxygen atoms in total. The number of hydrogen-bond acceptors (Lipinski definition) is 0. The lowest BCUT2D eigenvalue weighted by Crippen LogP contribution is -2.15. The molecule has 0 aliphatic carbocycles. The maximum atomic E-state index is 2.39. The van der Waals surface area contributed by atoms with Crippen molar-refractivity contribution in [2.75, 3.05) is 0 Å². The lowest BCUT2D eigenvalue weighted by Gasteiger charge is -2.25. The van der Waals surface area contributed by atoms with E-state index in [9.17, 15) is 0 Å². The lowest BCUT2D eigenvalue weighted by molar-refractivity contribution is 0.362. The molecule has 0 saturated carbocycles. The van der Waals surface area contributed by atoms with Crippen molar-refractivity contribution < 1.29 is 0 Å². The molecule has 0 bridgehead atoms. The lowest BCUT2D eigenvalue weighted by atomic mass is 9.80. The second kappa shape index (κ2) is 7.31. The summed E-state index contributed by atoms with van der Waals surface area (Å²) in [5, 5.41) is 0. The van der Waals surface area contributed by atoms with Crippen LogP contribution in [-0.4, -0.2) is 0 Å². The fourth-order valence-electron chi connectivity index (χ4n) is 1.75. The van der Waals surface area contributed by atoms with Gasteiger partial charge in [-0.15, -0.1) is 0 Å². The number of rotatable bonds is 7.